The van der Waals surface area contributed by atoms with E-state index in [2.05, 4.69) is 10.3 Å². The van der Waals surface area contributed by atoms with E-state index in [0.29, 0.717) is 23.4 Å². The van der Waals surface area contributed by atoms with Crippen LogP contribution in [0.1, 0.15) is 23.2 Å². The van der Waals surface area contributed by atoms with Crippen LogP contribution >= 0.6 is 0 Å². The van der Waals surface area contributed by atoms with Crippen molar-refractivity contribution in [1.29, 1.82) is 0 Å². The second kappa shape index (κ2) is 6.25. The average Bonchev–Trinajstić information content (AvgIpc) is 3.22. The summed E-state index contributed by atoms with van der Waals surface area (Å²) in [7, 11) is 1.77. The molecule has 7 heteroatoms. The molecule has 1 fully saturated rings. The number of amides is 1. The molecule has 0 radical (unpaired) electrons. The quantitative estimate of drug-likeness (QED) is 0.477. The Morgan fingerprint density at radius 3 is 2.81 bits per heavy atom. The predicted molar refractivity (Wildman–Crippen MR) is 93.3 cm³/mol. The molecule has 0 bridgehead atoms. The number of aryl methyl sites for hydroxylation is 2. The van der Waals surface area contributed by atoms with Crippen molar-refractivity contribution < 1.29 is 14.3 Å². The zero-order chi connectivity index (χ0) is 18.3. The maximum atomic E-state index is 12.4. The Balaban J connectivity index is 1.41. The van der Waals surface area contributed by atoms with Crippen LogP contribution in [0.15, 0.2) is 47.8 Å². The Hall–Kier alpha value is -3.22. The predicted octanol–water partition coefficient (Wildman–Crippen LogP) is 1.75. The first-order valence-electron chi connectivity index (χ1n) is 8.37. The van der Waals surface area contributed by atoms with Gasteiger partial charge in [0.25, 0.3) is 5.91 Å². The molecule has 4 rings (SSSR count). The van der Waals surface area contributed by atoms with Crippen LogP contribution in [0.5, 0.6) is 0 Å². The first-order valence-corrected chi connectivity index (χ1v) is 8.37. The van der Waals surface area contributed by atoms with Crippen molar-refractivity contribution >= 4 is 18.0 Å². The van der Waals surface area contributed by atoms with Crippen molar-refractivity contribution in [1.82, 2.24) is 19.9 Å². The van der Waals surface area contributed by atoms with E-state index in [-0.39, 0.29) is 18.6 Å². The molecule has 0 N–H and O–H groups in total. The maximum absolute atomic E-state index is 12.4. The monoisotopic (exact) mass is 350 g/mol. The Bertz CT molecular complexity index is 940. The highest BCUT2D eigenvalue weighted by molar-refractivity contribution is 6.11. The third kappa shape index (κ3) is 2.81. The minimum absolute atomic E-state index is 0.119. The van der Waals surface area contributed by atoms with E-state index in [1.165, 1.54) is 4.90 Å². The van der Waals surface area contributed by atoms with E-state index in [9.17, 15) is 9.59 Å². The van der Waals surface area contributed by atoms with Crippen LogP contribution in [0.2, 0.25) is 0 Å². The van der Waals surface area contributed by atoms with Crippen molar-refractivity contribution in [3.8, 4) is 0 Å². The average molecular weight is 350 g/mol. The van der Waals surface area contributed by atoms with Crippen LogP contribution in [0.25, 0.3) is 6.08 Å². The van der Waals surface area contributed by atoms with Crippen molar-refractivity contribution in [3.05, 3.63) is 64.6 Å². The van der Waals surface area contributed by atoms with Gasteiger partial charge in [-0.1, -0.05) is 41.1 Å². The number of fused-ring (bicyclic) bond motifs is 1. The molecule has 1 aromatic heterocycles. The van der Waals surface area contributed by atoms with Gasteiger partial charge in [0, 0.05) is 12.6 Å². The summed E-state index contributed by atoms with van der Waals surface area (Å²) in [6.07, 6.45) is 5.83. The van der Waals surface area contributed by atoms with Crippen LogP contribution < -0.4 is 0 Å². The fraction of sp³-hybridized carbons (Fsp3) is 0.263. The van der Waals surface area contributed by atoms with Gasteiger partial charge in [-0.25, -0.2) is 4.79 Å². The number of β-lactam (4-membered cyclic amide) rings is 1. The molecule has 0 spiro atoms. The van der Waals surface area contributed by atoms with E-state index in [4.69, 9.17) is 4.74 Å². The van der Waals surface area contributed by atoms with Gasteiger partial charge >= 0.3 is 5.97 Å². The van der Waals surface area contributed by atoms with Crippen molar-refractivity contribution in [3.63, 3.8) is 0 Å². The summed E-state index contributed by atoms with van der Waals surface area (Å²) in [6, 6.07) is 7.66. The van der Waals surface area contributed by atoms with Gasteiger partial charge in [-0.3, -0.25) is 14.4 Å². The molecule has 2 aromatic rings. The number of carbonyl (C=O) groups is 2. The first kappa shape index (κ1) is 16.3. The van der Waals surface area contributed by atoms with Crippen molar-refractivity contribution in [2.75, 3.05) is 0 Å². The van der Waals surface area contributed by atoms with Crippen molar-refractivity contribution in [2.24, 2.45) is 7.05 Å². The lowest BCUT2D eigenvalue weighted by molar-refractivity contribution is -0.147. The number of benzene rings is 1. The number of nitrogens with zero attached hydrogens (tertiary/aromatic N) is 4. The zero-order valence-electron chi connectivity index (χ0n) is 14.5. The van der Waals surface area contributed by atoms with E-state index < -0.39 is 5.97 Å². The summed E-state index contributed by atoms with van der Waals surface area (Å²) in [5, 5.41) is 7.82. The van der Waals surface area contributed by atoms with E-state index in [0.717, 1.165) is 11.1 Å². The Morgan fingerprint density at radius 1 is 1.35 bits per heavy atom. The summed E-state index contributed by atoms with van der Waals surface area (Å²) in [6.45, 7) is 2.19. The highest BCUT2D eigenvalue weighted by Gasteiger charge is 2.48. The van der Waals surface area contributed by atoms with Crippen LogP contribution in [0.4, 0.5) is 0 Å². The van der Waals surface area contributed by atoms with E-state index in [1.807, 2.05) is 31.2 Å². The van der Waals surface area contributed by atoms with E-state index in [1.54, 1.807) is 30.1 Å². The molecule has 2 aliphatic rings. The Kier molecular flexibility index (Phi) is 3.91. The summed E-state index contributed by atoms with van der Waals surface area (Å²) < 4.78 is 6.94. The fourth-order valence-electron chi connectivity index (χ4n) is 3.16. The maximum Gasteiger partial charge on any atom is 0.355 e. The molecule has 1 aromatic carbocycles. The number of carbonyl (C=O) groups excluding carboxylic acids is 2. The number of aromatic nitrogens is 3. The van der Waals surface area contributed by atoms with E-state index >= 15 is 0 Å². The fourth-order valence-corrected chi connectivity index (χ4v) is 3.16. The second-order valence-electron chi connectivity index (χ2n) is 6.49. The Labute approximate surface area is 150 Å². The summed E-state index contributed by atoms with van der Waals surface area (Å²) in [4.78, 5) is 26.3. The summed E-state index contributed by atoms with van der Waals surface area (Å²) >= 11 is 0. The van der Waals surface area contributed by atoms with Crippen LogP contribution in [0.3, 0.4) is 0 Å². The molecule has 0 aliphatic carbocycles. The van der Waals surface area contributed by atoms with Gasteiger partial charge in [-0.15, -0.1) is 5.10 Å². The molecule has 1 amide bonds. The third-order valence-corrected chi connectivity index (χ3v) is 4.55. The van der Waals surface area contributed by atoms with Crippen LogP contribution in [-0.2, 0) is 28.0 Å². The smallest absolute Gasteiger partial charge is 0.355 e. The number of hydrogen-bond acceptors (Lipinski definition) is 5. The van der Waals surface area contributed by atoms with Crippen molar-refractivity contribution in [2.45, 2.75) is 26.0 Å². The number of ether oxygens (including phenoxy) is 1. The first-order chi connectivity index (χ1) is 12.5. The second-order valence-corrected chi connectivity index (χ2v) is 6.49. The number of rotatable bonds is 4. The van der Waals surface area contributed by atoms with Crippen LogP contribution in [-0.4, -0.2) is 37.8 Å². The molecular formula is C19H18N4O3. The molecule has 2 aliphatic heterocycles. The van der Waals surface area contributed by atoms with Crippen LogP contribution in [0, 0.1) is 6.92 Å². The zero-order valence-corrected chi connectivity index (χ0v) is 14.5. The minimum atomic E-state index is -0.472. The van der Waals surface area contributed by atoms with Gasteiger partial charge in [0.1, 0.15) is 18.0 Å². The molecule has 3 heterocycles. The van der Waals surface area contributed by atoms with Gasteiger partial charge < -0.3 is 4.74 Å². The number of esters is 1. The highest BCUT2D eigenvalue weighted by Crippen LogP contribution is 2.39. The summed E-state index contributed by atoms with van der Waals surface area (Å²) in [5.74, 6) is -0.656. The lowest BCUT2D eigenvalue weighted by Gasteiger charge is -2.38. The van der Waals surface area contributed by atoms with Gasteiger partial charge in [0.15, 0.2) is 0 Å². The molecule has 7 nitrogen and oxygen atoms in total. The molecule has 1 saturated heterocycles. The molecule has 0 unspecified atom stereocenters. The third-order valence-electron chi connectivity index (χ3n) is 4.55. The lowest BCUT2D eigenvalue weighted by atomic mass is 9.94. The standard InChI is InChI=1S/C19H18N4O3/c1-12-3-5-13(6-4-12)11-26-19(25)17-8-7-16-15(18(24)23(16)17)9-14-10-22(2)21-20-14/h3-6,8-10,16H,7,11H2,1-2H3/b15-9+/t16-/m1/s1. The van der Waals surface area contributed by atoms with Gasteiger partial charge in [-0.05, 0) is 25.0 Å². The topological polar surface area (TPSA) is 77.3 Å². The molecule has 132 valence electrons. The normalized spacial score (nSPS) is 20.0. The molecule has 0 saturated carbocycles. The molecular weight excluding hydrogens is 332 g/mol. The highest BCUT2D eigenvalue weighted by atomic mass is 16.5. The SMILES string of the molecule is Cc1ccc(COC(=O)C2=CC[C@@H]3/C(=C\c4cn(C)nn4)C(=O)N23)cc1. The van der Waals surface area contributed by atoms with Gasteiger partial charge in [0.2, 0.25) is 0 Å². The number of hydrogen-bond donors (Lipinski definition) is 0. The summed E-state index contributed by atoms with van der Waals surface area (Å²) in [5.41, 5.74) is 3.66. The van der Waals surface area contributed by atoms with Gasteiger partial charge in [0.05, 0.1) is 12.2 Å². The van der Waals surface area contributed by atoms with Gasteiger partial charge in [-0.2, -0.15) is 0 Å². The largest absolute Gasteiger partial charge is 0.456 e. The minimum Gasteiger partial charge on any atom is -0.456 e. The molecule has 1 atom stereocenters. The molecule has 26 heavy (non-hydrogen) atoms. The Morgan fingerprint density at radius 2 is 2.12 bits per heavy atom. The lowest BCUT2D eigenvalue weighted by Crippen LogP contribution is -2.52.